The second kappa shape index (κ2) is 8.69. The van der Waals surface area contributed by atoms with Crippen LogP contribution in [0, 0.1) is 0 Å². The SMILES string of the molecule is O=C(CCc1cnn(-c2ccccc2)c1)NCc1ccnc(N2CCCC2)c1. The minimum atomic E-state index is 0.0481. The van der Waals surface area contributed by atoms with Gasteiger partial charge >= 0.3 is 0 Å². The van der Waals surface area contributed by atoms with E-state index >= 15 is 0 Å². The molecule has 28 heavy (non-hydrogen) atoms. The number of amides is 1. The second-order valence-electron chi connectivity index (χ2n) is 7.12. The molecule has 0 atom stereocenters. The van der Waals surface area contributed by atoms with Crippen LogP contribution in [-0.2, 0) is 17.8 Å². The molecular formula is C22H25N5O. The Labute approximate surface area is 165 Å². The highest BCUT2D eigenvalue weighted by Crippen LogP contribution is 2.18. The number of carbonyl (C=O) groups is 1. The van der Waals surface area contributed by atoms with Crippen molar-refractivity contribution in [2.24, 2.45) is 0 Å². The summed E-state index contributed by atoms with van der Waals surface area (Å²) >= 11 is 0. The van der Waals surface area contributed by atoms with Crippen molar-refractivity contribution < 1.29 is 4.79 Å². The normalized spacial score (nSPS) is 13.6. The number of benzene rings is 1. The Morgan fingerprint density at radius 1 is 1.07 bits per heavy atom. The van der Waals surface area contributed by atoms with Crippen molar-refractivity contribution in [1.82, 2.24) is 20.1 Å². The van der Waals surface area contributed by atoms with Crippen LogP contribution in [0.1, 0.15) is 30.4 Å². The Morgan fingerprint density at radius 2 is 1.89 bits per heavy atom. The highest BCUT2D eigenvalue weighted by Gasteiger charge is 2.13. The quantitative estimate of drug-likeness (QED) is 0.689. The molecule has 2 aromatic heterocycles. The summed E-state index contributed by atoms with van der Waals surface area (Å²) in [5.41, 5.74) is 3.16. The second-order valence-corrected chi connectivity index (χ2v) is 7.12. The molecule has 0 unspecified atom stereocenters. The molecule has 0 aliphatic carbocycles. The molecule has 4 rings (SSSR count). The van der Waals surface area contributed by atoms with Crippen molar-refractivity contribution in [2.75, 3.05) is 18.0 Å². The van der Waals surface area contributed by atoms with E-state index in [0.29, 0.717) is 19.4 Å². The molecule has 6 heteroatoms. The lowest BCUT2D eigenvalue weighted by Gasteiger charge is -2.17. The molecule has 1 aliphatic heterocycles. The summed E-state index contributed by atoms with van der Waals surface area (Å²) in [7, 11) is 0. The maximum Gasteiger partial charge on any atom is 0.220 e. The van der Waals surface area contributed by atoms with Gasteiger partial charge in [0.05, 0.1) is 11.9 Å². The zero-order valence-electron chi connectivity index (χ0n) is 15.9. The predicted octanol–water partition coefficient (Wildman–Crippen LogP) is 3.12. The fraction of sp³-hybridized carbons (Fsp3) is 0.318. The Hall–Kier alpha value is -3.15. The molecule has 6 nitrogen and oxygen atoms in total. The molecule has 3 aromatic rings. The largest absolute Gasteiger partial charge is 0.357 e. The van der Waals surface area contributed by atoms with E-state index in [4.69, 9.17) is 0 Å². The Morgan fingerprint density at radius 3 is 2.71 bits per heavy atom. The van der Waals surface area contributed by atoms with Gasteiger partial charge in [-0.15, -0.1) is 0 Å². The molecule has 0 radical (unpaired) electrons. The van der Waals surface area contributed by atoms with Crippen LogP contribution in [0.25, 0.3) is 5.69 Å². The zero-order valence-corrected chi connectivity index (χ0v) is 15.9. The number of aryl methyl sites for hydroxylation is 1. The van der Waals surface area contributed by atoms with Gasteiger partial charge < -0.3 is 10.2 Å². The molecular weight excluding hydrogens is 350 g/mol. The van der Waals surface area contributed by atoms with Crippen molar-refractivity contribution in [1.29, 1.82) is 0 Å². The van der Waals surface area contributed by atoms with E-state index in [0.717, 1.165) is 35.7 Å². The van der Waals surface area contributed by atoms with Gasteiger partial charge in [-0.3, -0.25) is 4.79 Å². The summed E-state index contributed by atoms with van der Waals surface area (Å²) in [4.78, 5) is 19.0. The summed E-state index contributed by atoms with van der Waals surface area (Å²) in [6.07, 6.45) is 9.21. The smallest absolute Gasteiger partial charge is 0.220 e. The first-order valence-corrected chi connectivity index (χ1v) is 9.83. The first-order valence-electron chi connectivity index (χ1n) is 9.83. The first-order chi connectivity index (χ1) is 13.8. The number of rotatable bonds is 7. The number of carbonyl (C=O) groups excluding carboxylic acids is 1. The monoisotopic (exact) mass is 375 g/mol. The number of para-hydroxylation sites is 1. The van der Waals surface area contributed by atoms with E-state index in [9.17, 15) is 4.79 Å². The molecule has 3 heterocycles. The molecule has 1 amide bonds. The lowest BCUT2D eigenvalue weighted by molar-refractivity contribution is -0.121. The van der Waals surface area contributed by atoms with Crippen LogP contribution < -0.4 is 10.2 Å². The number of pyridine rings is 1. The summed E-state index contributed by atoms with van der Waals surface area (Å²) in [5, 5.41) is 7.39. The third-order valence-corrected chi connectivity index (χ3v) is 5.03. The van der Waals surface area contributed by atoms with Crippen LogP contribution in [-0.4, -0.2) is 33.8 Å². The van der Waals surface area contributed by atoms with Gasteiger partial charge in [0.2, 0.25) is 5.91 Å². The lowest BCUT2D eigenvalue weighted by atomic mass is 10.2. The van der Waals surface area contributed by atoms with E-state index in [-0.39, 0.29) is 5.91 Å². The van der Waals surface area contributed by atoms with Gasteiger partial charge in [-0.2, -0.15) is 5.10 Å². The predicted molar refractivity (Wildman–Crippen MR) is 109 cm³/mol. The van der Waals surface area contributed by atoms with Crippen LogP contribution in [0.4, 0.5) is 5.82 Å². The average molecular weight is 375 g/mol. The van der Waals surface area contributed by atoms with Crippen molar-refractivity contribution in [3.05, 3.63) is 72.2 Å². The van der Waals surface area contributed by atoms with Gasteiger partial charge in [0.15, 0.2) is 0 Å². The number of anilines is 1. The third kappa shape index (κ3) is 4.57. The van der Waals surface area contributed by atoms with Gasteiger partial charge in [-0.05, 0) is 54.7 Å². The topological polar surface area (TPSA) is 63.1 Å². The molecule has 0 bridgehead atoms. The third-order valence-electron chi connectivity index (χ3n) is 5.03. The van der Waals surface area contributed by atoms with Gasteiger partial charge in [0, 0.05) is 38.4 Å². The fourth-order valence-corrected chi connectivity index (χ4v) is 3.45. The summed E-state index contributed by atoms with van der Waals surface area (Å²) in [5.74, 6) is 1.06. The Balaban J connectivity index is 1.26. The first kappa shape index (κ1) is 18.2. The van der Waals surface area contributed by atoms with Gasteiger partial charge in [0.25, 0.3) is 0 Å². The summed E-state index contributed by atoms with van der Waals surface area (Å²) in [6.45, 7) is 2.67. The van der Waals surface area contributed by atoms with Crippen LogP contribution >= 0.6 is 0 Å². The van der Waals surface area contributed by atoms with E-state index in [1.54, 1.807) is 0 Å². The Kier molecular flexibility index (Phi) is 5.66. The number of aromatic nitrogens is 3. The summed E-state index contributed by atoms with van der Waals surface area (Å²) in [6, 6.07) is 14.0. The maximum absolute atomic E-state index is 12.2. The van der Waals surface area contributed by atoms with Crippen molar-refractivity contribution in [3.63, 3.8) is 0 Å². The van der Waals surface area contributed by atoms with Gasteiger partial charge in [0.1, 0.15) is 5.82 Å². The molecule has 0 spiro atoms. The minimum absolute atomic E-state index is 0.0481. The molecule has 1 N–H and O–H groups in total. The number of hydrogen-bond acceptors (Lipinski definition) is 4. The Bertz CT molecular complexity index is 915. The van der Waals surface area contributed by atoms with Crippen LogP contribution in [0.15, 0.2) is 61.1 Å². The van der Waals surface area contributed by atoms with Crippen LogP contribution in [0.5, 0.6) is 0 Å². The van der Waals surface area contributed by atoms with E-state index in [1.807, 2.05) is 59.7 Å². The van der Waals surface area contributed by atoms with Gasteiger partial charge in [-0.1, -0.05) is 18.2 Å². The van der Waals surface area contributed by atoms with E-state index in [1.165, 1.54) is 12.8 Å². The molecule has 144 valence electrons. The number of nitrogens with zero attached hydrogens (tertiary/aromatic N) is 4. The summed E-state index contributed by atoms with van der Waals surface area (Å²) < 4.78 is 1.84. The zero-order chi connectivity index (χ0) is 19.2. The fourth-order valence-electron chi connectivity index (χ4n) is 3.45. The van der Waals surface area contributed by atoms with E-state index in [2.05, 4.69) is 26.4 Å². The number of hydrogen-bond donors (Lipinski definition) is 1. The molecule has 1 fully saturated rings. The highest BCUT2D eigenvalue weighted by atomic mass is 16.1. The standard InChI is InChI=1S/C22H25N5O/c28-22(9-8-19-16-25-27(17-19)20-6-2-1-3-7-20)24-15-18-10-11-23-21(14-18)26-12-4-5-13-26/h1-3,6-7,10-11,14,16-17H,4-5,8-9,12-13,15H2,(H,24,28). The van der Waals surface area contributed by atoms with Gasteiger partial charge in [-0.25, -0.2) is 9.67 Å². The van der Waals surface area contributed by atoms with E-state index < -0.39 is 0 Å². The van der Waals surface area contributed by atoms with Crippen molar-refractivity contribution >= 4 is 11.7 Å². The maximum atomic E-state index is 12.2. The number of nitrogens with one attached hydrogen (secondary N) is 1. The minimum Gasteiger partial charge on any atom is -0.357 e. The molecule has 1 aromatic carbocycles. The van der Waals surface area contributed by atoms with Crippen LogP contribution in [0.3, 0.4) is 0 Å². The van der Waals surface area contributed by atoms with Crippen molar-refractivity contribution in [2.45, 2.75) is 32.2 Å². The van der Waals surface area contributed by atoms with Crippen LogP contribution in [0.2, 0.25) is 0 Å². The lowest BCUT2D eigenvalue weighted by Crippen LogP contribution is -2.23. The molecule has 1 saturated heterocycles. The average Bonchev–Trinajstić information content (AvgIpc) is 3.44. The highest BCUT2D eigenvalue weighted by molar-refractivity contribution is 5.76. The molecule has 0 saturated carbocycles. The molecule has 1 aliphatic rings. The van der Waals surface area contributed by atoms with Crippen molar-refractivity contribution in [3.8, 4) is 5.69 Å².